The zero-order valence-electron chi connectivity index (χ0n) is 11.7. The molecular formula is C14H18N2O5. The number of nitro groups is 1. The van der Waals surface area contributed by atoms with E-state index in [1.54, 1.807) is 6.92 Å². The van der Waals surface area contributed by atoms with Gasteiger partial charge in [0, 0.05) is 12.6 Å². The number of nitrogens with one attached hydrogen (secondary N) is 1. The largest absolute Gasteiger partial charge is 0.493 e. The number of benzene rings is 1. The molecule has 7 nitrogen and oxygen atoms in total. The van der Waals surface area contributed by atoms with Crippen LogP contribution in [0.2, 0.25) is 0 Å². The number of nitro benzene ring substituents is 1. The third kappa shape index (κ3) is 3.69. The summed E-state index contributed by atoms with van der Waals surface area (Å²) in [4.78, 5) is 22.6. The minimum Gasteiger partial charge on any atom is -0.493 e. The fraction of sp³-hybridized carbons (Fsp3) is 0.500. The van der Waals surface area contributed by atoms with Crippen LogP contribution in [-0.2, 0) is 0 Å². The van der Waals surface area contributed by atoms with E-state index in [9.17, 15) is 20.0 Å². The van der Waals surface area contributed by atoms with E-state index in [4.69, 9.17) is 4.74 Å². The van der Waals surface area contributed by atoms with E-state index in [2.05, 4.69) is 5.32 Å². The average molecular weight is 294 g/mol. The summed E-state index contributed by atoms with van der Waals surface area (Å²) in [5.41, 5.74) is -0.410. The summed E-state index contributed by atoms with van der Waals surface area (Å²) in [6.07, 6.45) is 1.30. The van der Waals surface area contributed by atoms with Crippen LogP contribution < -0.4 is 10.1 Å². The summed E-state index contributed by atoms with van der Waals surface area (Å²) in [5, 5.41) is 23.4. The zero-order valence-corrected chi connectivity index (χ0v) is 11.7. The number of carbonyl (C=O) groups is 1. The second-order valence-electron chi connectivity index (χ2n) is 4.96. The van der Waals surface area contributed by atoms with Gasteiger partial charge in [0.1, 0.15) is 5.75 Å². The Kier molecular flexibility index (Phi) is 4.74. The molecule has 0 heterocycles. The second kappa shape index (κ2) is 6.53. The molecule has 1 aromatic carbocycles. The van der Waals surface area contributed by atoms with Gasteiger partial charge in [-0.2, -0.15) is 0 Å². The first-order valence-corrected chi connectivity index (χ1v) is 6.91. The molecule has 0 saturated heterocycles. The highest BCUT2D eigenvalue weighted by molar-refractivity contribution is 6.00. The molecule has 1 saturated carbocycles. The second-order valence-corrected chi connectivity index (χ2v) is 4.96. The molecule has 0 aliphatic heterocycles. The first-order chi connectivity index (χ1) is 10.0. The lowest BCUT2D eigenvalue weighted by molar-refractivity contribution is -0.385. The standard InChI is InChI=1S/C14H18N2O5/c1-2-21-12-5-3-4-10(16(19)20)13(12)14(18)15-8-11(17)9-6-7-9/h3-5,9,11,17H,2,6-8H2,1H3,(H,15,18). The lowest BCUT2D eigenvalue weighted by atomic mass is 10.1. The van der Waals surface area contributed by atoms with E-state index in [0.29, 0.717) is 6.61 Å². The molecule has 114 valence electrons. The Labute approximate surface area is 122 Å². The van der Waals surface area contributed by atoms with Gasteiger partial charge in [0.25, 0.3) is 11.6 Å². The minimum atomic E-state index is -0.616. The van der Waals surface area contributed by atoms with Crippen molar-refractivity contribution in [3.8, 4) is 5.75 Å². The van der Waals surface area contributed by atoms with Crippen LogP contribution >= 0.6 is 0 Å². The van der Waals surface area contributed by atoms with Crippen molar-refractivity contribution < 1.29 is 19.6 Å². The van der Waals surface area contributed by atoms with Crippen LogP contribution in [0.15, 0.2) is 18.2 Å². The molecule has 1 aliphatic carbocycles. The number of aliphatic hydroxyl groups is 1. The summed E-state index contributed by atoms with van der Waals surface area (Å²) in [6, 6.07) is 4.25. The van der Waals surface area contributed by atoms with Crippen molar-refractivity contribution in [3.05, 3.63) is 33.9 Å². The van der Waals surface area contributed by atoms with Gasteiger partial charge in [0.15, 0.2) is 5.56 Å². The van der Waals surface area contributed by atoms with Gasteiger partial charge in [-0.1, -0.05) is 6.07 Å². The summed E-state index contributed by atoms with van der Waals surface area (Å²) >= 11 is 0. The maximum absolute atomic E-state index is 12.2. The molecule has 0 bridgehead atoms. The Morgan fingerprint density at radius 1 is 1.57 bits per heavy atom. The van der Waals surface area contributed by atoms with Crippen molar-refractivity contribution in [3.63, 3.8) is 0 Å². The first kappa shape index (κ1) is 15.2. The first-order valence-electron chi connectivity index (χ1n) is 6.91. The Hall–Kier alpha value is -2.15. The molecule has 2 rings (SSSR count). The Morgan fingerprint density at radius 2 is 2.29 bits per heavy atom. The Morgan fingerprint density at radius 3 is 2.86 bits per heavy atom. The van der Waals surface area contributed by atoms with Gasteiger partial charge in [-0.15, -0.1) is 0 Å². The van der Waals surface area contributed by atoms with Crippen molar-refractivity contribution in [2.24, 2.45) is 5.92 Å². The molecule has 1 amide bonds. The number of carbonyl (C=O) groups excluding carboxylic acids is 1. The highest BCUT2D eigenvalue weighted by Gasteiger charge is 2.31. The number of aliphatic hydroxyl groups excluding tert-OH is 1. The maximum Gasteiger partial charge on any atom is 0.285 e. The third-order valence-corrected chi connectivity index (χ3v) is 3.37. The number of rotatable bonds is 7. The molecule has 0 spiro atoms. The van der Waals surface area contributed by atoms with Crippen molar-refractivity contribution in [1.29, 1.82) is 0 Å². The molecule has 21 heavy (non-hydrogen) atoms. The van der Waals surface area contributed by atoms with Gasteiger partial charge in [0.2, 0.25) is 0 Å². The number of nitrogens with zero attached hydrogens (tertiary/aromatic N) is 1. The van der Waals surface area contributed by atoms with E-state index in [1.165, 1.54) is 18.2 Å². The lowest BCUT2D eigenvalue weighted by Gasteiger charge is -2.13. The normalized spacial score (nSPS) is 15.3. The zero-order chi connectivity index (χ0) is 15.4. The van der Waals surface area contributed by atoms with Crippen LogP contribution in [0.4, 0.5) is 5.69 Å². The molecule has 2 N–H and O–H groups in total. The van der Waals surface area contributed by atoms with Gasteiger partial charge in [-0.25, -0.2) is 0 Å². The van der Waals surface area contributed by atoms with E-state index >= 15 is 0 Å². The molecule has 0 aromatic heterocycles. The van der Waals surface area contributed by atoms with Crippen LogP contribution in [0.25, 0.3) is 0 Å². The SMILES string of the molecule is CCOc1cccc([N+](=O)[O-])c1C(=O)NCC(O)C1CC1. The van der Waals surface area contributed by atoms with Gasteiger partial charge in [0.05, 0.1) is 17.6 Å². The highest BCUT2D eigenvalue weighted by atomic mass is 16.6. The summed E-state index contributed by atoms with van der Waals surface area (Å²) in [5.74, 6) is -0.210. The predicted octanol–water partition coefficient (Wildman–Crippen LogP) is 1.49. The molecule has 1 fully saturated rings. The third-order valence-electron chi connectivity index (χ3n) is 3.37. The topological polar surface area (TPSA) is 102 Å². The molecule has 1 aromatic rings. The van der Waals surface area contributed by atoms with Crippen molar-refractivity contribution in [2.45, 2.75) is 25.9 Å². The van der Waals surface area contributed by atoms with Crippen molar-refractivity contribution in [1.82, 2.24) is 5.32 Å². The van der Waals surface area contributed by atoms with Crippen LogP contribution in [0.1, 0.15) is 30.1 Å². The molecule has 1 atom stereocenters. The minimum absolute atomic E-state index is 0.0844. The summed E-state index contributed by atoms with van der Waals surface area (Å²) in [7, 11) is 0. The summed E-state index contributed by atoms with van der Waals surface area (Å²) in [6.45, 7) is 2.12. The van der Waals surface area contributed by atoms with Gasteiger partial charge in [-0.3, -0.25) is 14.9 Å². The lowest BCUT2D eigenvalue weighted by Crippen LogP contribution is -2.33. The molecule has 7 heteroatoms. The van der Waals surface area contributed by atoms with Crippen LogP contribution in [0.3, 0.4) is 0 Å². The smallest absolute Gasteiger partial charge is 0.285 e. The van der Waals surface area contributed by atoms with Crippen LogP contribution in [0, 0.1) is 16.0 Å². The van der Waals surface area contributed by atoms with Gasteiger partial charge in [-0.05, 0) is 31.7 Å². The Bertz CT molecular complexity index is 542. The van der Waals surface area contributed by atoms with Crippen LogP contribution in [-0.4, -0.2) is 35.2 Å². The van der Waals surface area contributed by atoms with E-state index < -0.39 is 16.9 Å². The quantitative estimate of drug-likeness (QED) is 0.586. The van der Waals surface area contributed by atoms with E-state index in [-0.39, 0.29) is 29.5 Å². The van der Waals surface area contributed by atoms with Crippen molar-refractivity contribution in [2.75, 3.05) is 13.2 Å². The number of ether oxygens (including phenoxy) is 1. The number of hydrogen-bond donors (Lipinski definition) is 2. The van der Waals surface area contributed by atoms with Crippen molar-refractivity contribution >= 4 is 11.6 Å². The number of hydrogen-bond acceptors (Lipinski definition) is 5. The fourth-order valence-electron chi connectivity index (χ4n) is 2.11. The maximum atomic E-state index is 12.2. The molecule has 1 unspecified atom stereocenters. The highest BCUT2D eigenvalue weighted by Crippen LogP contribution is 2.32. The average Bonchev–Trinajstić information content (AvgIpc) is 3.29. The summed E-state index contributed by atoms with van der Waals surface area (Å²) < 4.78 is 5.29. The fourth-order valence-corrected chi connectivity index (χ4v) is 2.11. The monoisotopic (exact) mass is 294 g/mol. The number of amides is 1. The predicted molar refractivity (Wildman–Crippen MR) is 75.3 cm³/mol. The molecule has 1 aliphatic rings. The van der Waals surface area contributed by atoms with Crippen LogP contribution in [0.5, 0.6) is 5.75 Å². The molecular weight excluding hydrogens is 276 g/mol. The van der Waals surface area contributed by atoms with E-state index in [1.807, 2.05) is 0 Å². The molecule has 0 radical (unpaired) electrons. The van der Waals surface area contributed by atoms with Gasteiger partial charge >= 0.3 is 0 Å². The van der Waals surface area contributed by atoms with E-state index in [0.717, 1.165) is 12.8 Å². The van der Waals surface area contributed by atoms with Gasteiger partial charge < -0.3 is 15.2 Å². The Balaban J connectivity index is 2.18.